The second kappa shape index (κ2) is 4.97. The number of nitriles is 1. The van der Waals surface area contributed by atoms with Crippen LogP contribution in [0.2, 0.25) is 0 Å². The van der Waals surface area contributed by atoms with E-state index in [1.165, 1.54) is 13.2 Å². The van der Waals surface area contributed by atoms with Crippen LogP contribution in [-0.4, -0.2) is 13.1 Å². The molecule has 3 heteroatoms. The first-order valence-electron chi connectivity index (χ1n) is 4.44. The maximum absolute atomic E-state index is 10.9. The summed E-state index contributed by atoms with van der Waals surface area (Å²) in [5, 5.41) is 8.71. The minimum atomic E-state index is -0.406. The largest absolute Gasteiger partial charge is 0.466 e. The molecule has 0 amide bonds. The van der Waals surface area contributed by atoms with Crippen molar-refractivity contribution < 1.29 is 9.53 Å². The molecule has 0 saturated heterocycles. The summed E-state index contributed by atoms with van der Waals surface area (Å²) < 4.78 is 4.48. The highest BCUT2D eigenvalue weighted by Crippen LogP contribution is 2.12. The van der Waals surface area contributed by atoms with Gasteiger partial charge in [-0.15, -0.1) is 0 Å². The van der Waals surface area contributed by atoms with E-state index in [0.29, 0.717) is 5.56 Å². The van der Waals surface area contributed by atoms with Crippen molar-refractivity contribution in [2.75, 3.05) is 7.11 Å². The predicted molar refractivity (Wildman–Crippen MR) is 56.9 cm³/mol. The third-order valence-electron chi connectivity index (χ3n) is 2.01. The molecule has 0 fully saturated rings. The van der Waals surface area contributed by atoms with Gasteiger partial charge in [0, 0.05) is 6.08 Å². The van der Waals surface area contributed by atoms with Gasteiger partial charge >= 0.3 is 5.97 Å². The molecule has 0 aliphatic carbocycles. The normalized spacial score (nSPS) is 9.93. The first-order chi connectivity index (χ1) is 7.17. The SMILES string of the molecule is COC(=O)/C=C/c1cc(C#N)ccc1C. The van der Waals surface area contributed by atoms with Gasteiger partial charge in [0.2, 0.25) is 0 Å². The van der Waals surface area contributed by atoms with Gasteiger partial charge in [0.15, 0.2) is 0 Å². The van der Waals surface area contributed by atoms with E-state index in [2.05, 4.69) is 4.74 Å². The van der Waals surface area contributed by atoms with E-state index in [0.717, 1.165) is 11.1 Å². The van der Waals surface area contributed by atoms with Crippen LogP contribution >= 0.6 is 0 Å². The molecule has 0 heterocycles. The molecule has 0 unspecified atom stereocenters. The van der Waals surface area contributed by atoms with Gasteiger partial charge in [-0.05, 0) is 36.3 Å². The van der Waals surface area contributed by atoms with Crippen LogP contribution in [-0.2, 0) is 9.53 Å². The Bertz CT molecular complexity index is 441. The molecule has 76 valence electrons. The molecule has 0 atom stereocenters. The molecule has 0 saturated carbocycles. The van der Waals surface area contributed by atoms with Crippen LogP contribution < -0.4 is 0 Å². The number of nitrogens with zero attached hydrogens (tertiary/aromatic N) is 1. The third-order valence-corrected chi connectivity index (χ3v) is 2.01. The quantitative estimate of drug-likeness (QED) is 0.543. The molecule has 0 radical (unpaired) electrons. The Morgan fingerprint density at radius 2 is 2.27 bits per heavy atom. The predicted octanol–water partition coefficient (Wildman–Crippen LogP) is 2.05. The van der Waals surface area contributed by atoms with Crippen molar-refractivity contribution in [3.63, 3.8) is 0 Å². The molecular weight excluding hydrogens is 190 g/mol. The summed E-state index contributed by atoms with van der Waals surface area (Å²) in [6, 6.07) is 7.36. The monoisotopic (exact) mass is 201 g/mol. The van der Waals surface area contributed by atoms with Crippen LogP contribution in [0.25, 0.3) is 6.08 Å². The van der Waals surface area contributed by atoms with Crippen molar-refractivity contribution in [2.24, 2.45) is 0 Å². The van der Waals surface area contributed by atoms with Crippen molar-refractivity contribution >= 4 is 12.0 Å². The van der Waals surface area contributed by atoms with Gasteiger partial charge in [0.05, 0.1) is 18.7 Å². The number of carbonyl (C=O) groups is 1. The second-order valence-electron chi connectivity index (χ2n) is 3.04. The van der Waals surface area contributed by atoms with E-state index < -0.39 is 5.97 Å². The molecule has 1 aromatic rings. The Kier molecular flexibility index (Phi) is 3.64. The zero-order valence-electron chi connectivity index (χ0n) is 8.65. The summed E-state index contributed by atoms with van der Waals surface area (Å²) in [5.74, 6) is -0.406. The van der Waals surface area contributed by atoms with Crippen LogP contribution in [0.15, 0.2) is 24.3 Å². The number of rotatable bonds is 2. The first-order valence-corrected chi connectivity index (χ1v) is 4.44. The van der Waals surface area contributed by atoms with Crippen molar-refractivity contribution in [3.8, 4) is 6.07 Å². The van der Waals surface area contributed by atoms with Gasteiger partial charge in [0.25, 0.3) is 0 Å². The molecule has 1 rings (SSSR count). The lowest BCUT2D eigenvalue weighted by molar-refractivity contribution is -0.134. The lowest BCUT2D eigenvalue weighted by Gasteiger charge is -1.99. The minimum absolute atomic E-state index is 0.406. The Morgan fingerprint density at radius 3 is 2.87 bits per heavy atom. The number of methoxy groups -OCH3 is 1. The zero-order chi connectivity index (χ0) is 11.3. The summed E-state index contributed by atoms with van der Waals surface area (Å²) in [7, 11) is 1.32. The van der Waals surface area contributed by atoms with E-state index in [9.17, 15) is 4.79 Å². The summed E-state index contributed by atoms with van der Waals surface area (Å²) in [6.07, 6.45) is 2.98. The number of esters is 1. The maximum atomic E-state index is 10.9. The van der Waals surface area contributed by atoms with E-state index in [1.807, 2.05) is 19.1 Å². The average molecular weight is 201 g/mol. The van der Waals surface area contributed by atoms with Crippen LogP contribution in [0.5, 0.6) is 0 Å². The van der Waals surface area contributed by atoms with Gasteiger partial charge in [-0.2, -0.15) is 5.26 Å². The lowest BCUT2D eigenvalue weighted by Crippen LogP contribution is -1.93. The minimum Gasteiger partial charge on any atom is -0.466 e. The van der Waals surface area contributed by atoms with Crippen molar-refractivity contribution in [1.29, 1.82) is 5.26 Å². The maximum Gasteiger partial charge on any atom is 0.330 e. The highest BCUT2D eigenvalue weighted by Gasteiger charge is 1.98. The summed E-state index contributed by atoms with van der Waals surface area (Å²) >= 11 is 0. The van der Waals surface area contributed by atoms with Crippen molar-refractivity contribution in [2.45, 2.75) is 6.92 Å². The number of benzene rings is 1. The molecule has 0 aromatic heterocycles. The molecule has 3 nitrogen and oxygen atoms in total. The van der Waals surface area contributed by atoms with Crippen molar-refractivity contribution in [1.82, 2.24) is 0 Å². The Hall–Kier alpha value is -2.08. The van der Waals surface area contributed by atoms with E-state index >= 15 is 0 Å². The van der Waals surface area contributed by atoms with Crippen molar-refractivity contribution in [3.05, 3.63) is 41.0 Å². The van der Waals surface area contributed by atoms with Crippen LogP contribution in [0.4, 0.5) is 0 Å². The number of hydrogen-bond acceptors (Lipinski definition) is 3. The number of carbonyl (C=O) groups excluding carboxylic acids is 1. The zero-order valence-corrected chi connectivity index (χ0v) is 8.65. The fourth-order valence-electron chi connectivity index (χ4n) is 1.12. The number of ether oxygens (including phenoxy) is 1. The van der Waals surface area contributed by atoms with E-state index in [4.69, 9.17) is 5.26 Å². The molecule has 1 aromatic carbocycles. The average Bonchev–Trinajstić information content (AvgIpc) is 2.27. The Labute approximate surface area is 88.6 Å². The molecule has 0 bridgehead atoms. The molecule has 0 aliphatic heterocycles. The van der Waals surface area contributed by atoms with Crippen LogP contribution in [0.3, 0.4) is 0 Å². The number of hydrogen-bond donors (Lipinski definition) is 0. The topological polar surface area (TPSA) is 50.1 Å². The molecule has 15 heavy (non-hydrogen) atoms. The highest BCUT2D eigenvalue weighted by atomic mass is 16.5. The standard InChI is InChI=1S/C12H11NO2/c1-9-3-4-10(8-13)7-11(9)5-6-12(14)15-2/h3-7H,1-2H3/b6-5+. The van der Waals surface area contributed by atoms with Gasteiger partial charge in [0.1, 0.15) is 0 Å². The van der Waals surface area contributed by atoms with Gasteiger partial charge in [-0.25, -0.2) is 4.79 Å². The van der Waals surface area contributed by atoms with Gasteiger partial charge < -0.3 is 4.74 Å². The van der Waals surface area contributed by atoms with Crippen LogP contribution in [0.1, 0.15) is 16.7 Å². The lowest BCUT2D eigenvalue weighted by atomic mass is 10.1. The van der Waals surface area contributed by atoms with Gasteiger partial charge in [-0.3, -0.25) is 0 Å². The van der Waals surface area contributed by atoms with Gasteiger partial charge in [-0.1, -0.05) is 6.07 Å². The second-order valence-corrected chi connectivity index (χ2v) is 3.04. The third kappa shape index (κ3) is 2.96. The summed E-state index contributed by atoms with van der Waals surface area (Å²) in [5.41, 5.74) is 2.43. The summed E-state index contributed by atoms with van der Waals surface area (Å²) in [6.45, 7) is 1.91. The molecule has 0 spiro atoms. The number of aryl methyl sites for hydroxylation is 1. The fourth-order valence-corrected chi connectivity index (χ4v) is 1.12. The summed E-state index contributed by atoms with van der Waals surface area (Å²) in [4.78, 5) is 10.9. The first kappa shape index (κ1) is 11.0. The molecular formula is C12H11NO2. The van der Waals surface area contributed by atoms with Crippen LogP contribution in [0, 0.1) is 18.3 Å². The van der Waals surface area contributed by atoms with E-state index in [-0.39, 0.29) is 0 Å². The molecule has 0 aliphatic rings. The Balaban J connectivity index is 2.99. The highest BCUT2D eigenvalue weighted by molar-refractivity contribution is 5.87. The van der Waals surface area contributed by atoms with E-state index in [1.54, 1.807) is 18.2 Å². The molecule has 0 N–H and O–H groups in total. The fraction of sp³-hybridized carbons (Fsp3) is 0.167. The Morgan fingerprint density at radius 1 is 1.53 bits per heavy atom. The smallest absolute Gasteiger partial charge is 0.330 e.